The molecule has 0 fully saturated rings. The number of aliphatic carboxylic acids is 1. The molecule has 0 bridgehead atoms. The van der Waals surface area contributed by atoms with Crippen molar-refractivity contribution >= 4 is 11.6 Å². The Labute approximate surface area is 97.8 Å². The van der Waals surface area contributed by atoms with Gasteiger partial charge in [-0.2, -0.15) is 18.3 Å². The molecule has 3 N–H and O–H groups in total. The van der Waals surface area contributed by atoms with E-state index < -0.39 is 23.9 Å². The summed E-state index contributed by atoms with van der Waals surface area (Å²) >= 11 is 0. The molecular weight excluding hydrogens is 253 g/mol. The molecule has 2 heterocycles. The Bertz CT molecular complexity index is 607. The van der Waals surface area contributed by atoms with Gasteiger partial charge >= 0.3 is 12.1 Å². The largest absolute Gasteiger partial charge is 0.480 e. The molecule has 9 heteroatoms. The minimum Gasteiger partial charge on any atom is -0.480 e. The molecule has 0 aliphatic rings. The van der Waals surface area contributed by atoms with Gasteiger partial charge in [0.2, 0.25) is 0 Å². The van der Waals surface area contributed by atoms with E-state index in [1.165, 1.54) is 0 Å². The van der Waals surface area contributed by atoms with E-state index >= 15 is 0 Å². The Morgan fingerprint density at radius 1 is 1.50 bits per heavy atom. The van der Waals surface area contributed by atoms with Crippen LogP contribution in [0.15, 0.2) is 18.5 Å². The standard InChI is InChI=1S/C9H7F3N4O2/c10-9(11,12)5-1-6-14-2-4(3-16(6)15-5)7(13)8(17)18/h1-3,7H,13H2,(H,17,18). The van der Waals surface area contributed by atoms with E-state index in [0.717, 1.165) is 23.0 Å². The van der Waals surface area contributed by atoms with E-state index in [1.807, 2.05) is 0 Å². The van der Waals surface area contributed by atoms with Crippen LogP contribution < -0.4 is 5.73 Å². The molecule has 96 valence electrons. The molecule has 18 heavy (non-hydrogen) atoms. The number of carboxylic acid groups (broad SMARTS) is 1. The average Bonchev–Trinajstić information content (AvgIpc) is 2.69. The molecule has 2 rings (SSSR count). The van der Waals surface area contributed by atoms with Crippen molar-refractivity contribution in [1.82, 2.24) is 14.6 Å². The summed E-state index contributed by atoms with van der Waals surface area (Å²) in [7, 11) is 0. The summed E-state index contributed by atoms with van der Waals surface area (Å²) in [6.45, 7) is 0. The van der Waals surface area contributed by atoms with Crippen molar-refractivity contribution in [2.75, 3.05) is 0 Å². The molecule has 0 spiro atoms. The number of hydrogen-bond donors (Lipinski definition) is 2. The number of fused-ring (bicyclic) bond motifs is 1. The van der Waals surface area contributed by atoms with E-state index in [4.69, 9.17) is 10.8 Å². The van der Waals surface area contributed by atoms with Crippen molar-refractivity contribution < 1.29 is 23.1 Å². The lowest BCUT2D eigenvalue weighted by Crippen LogP contribution is -2.21. The lowest BCUT2D eigenvalue weighted by Gasteiger charge is -2.05. The number of carbonyl (C=O) groups is 1. The first-order valence-electron chi connectivity index (χ1n) is 4.70. The second-order valence-corrected chi connectivity index (χ2v) is 3.53. The van der Waals surface area contributed by atoms with E-state index in [1.54, 1.807) is 0 Å². The summed E-state index contributed by atoms with van der Waals surface area (Å²) in [6, 6.07) is -0.601. The molecule has 1 atom stereocenters. The van der Waals surface area contributed by atoms with Crippen molar-refractivity contribution in [2.24, 2.45) is 5.73 Å². The highest BCUT2D eigenvalue weighted by Gasteiger charge is 2.34. The summed E-state index contributed by atoms with van der Waals surface area (Å²) in [5.41, 5.74) is 4.24. The SMILES string of the molecule is NC(C(=O)O)c1cnc2cc(C(F)(F)F)nn2c1. The van der Waals surface area contributed by atoms with Crippen molar-refractivity contribution in [3.05, 3.63) is 29.7 Å². The average molecular weight is 260 g/mol. The van der Waals surface area contributed by atoms with Gasteiger partial charge in [-0.05, 0) is 0 Å². The van der Waals surface area contributed by atoms with Gasteiger partial charge in [-0.3, -0.25) is 4.79 Å². The Hall–Kier alpha value is -2.16. The fourth-order valence-electron chi connectivity index (χ4n) is 1.33. The van der Waals surface area contributed by atoms with E-state index in [-0.39, 0.29) is 11.2 Å². The van der Waals surface area contributed by atoms with Crippen molar-refractivity contribution in [1.29, 1.82) is 0 Å². The van der Waals surface area contributed by atoms with Gasteiger partial charge in [0.25, 0.3) is 0 Å². The van der Waals surface area contributed by atoms with E-state index in [0.29, 0.717) is 0 Å². The number of nitrogens with two attached hydrogens (primary N) is 1. The Morgan fingerprint density at radius 3 is 2.72 bits per heavy atom. The molecule has 0 amide bonds. The first-order valence-corrected chi connectivity index (χ1v) is 4.70. The number of aromatic nitrogens is 3. The molecule has 0 aromatic carbocycles. The minimum atomic E-state index is -4.58. The highest BCUT2D eigenvalue weighted by Crippen LogP contribution is 2.28. The normalized spacial score (nSPS) is 13.8. The molecule has 2 aromatic heterocycles. The summed E-state index contributed by atoms with van der Waals surface area (Å²) in [5.74, 6) is -1.31. The van der Waals surface area contributed by atoms with Crippen LogP contribution in [0.4, 0.5) is 13.2 Å². The van der Waals surface area contributed by atoms with Crippen molar-refractivity contribution in [3.8, 4) is 0 Å². The minimum absolute atomic E-state index is 0.0383. The molecule has 0 radical (unpaired) electrons. The lowest BCUT2D eigenvalue weighted by molar-refractivity contribution is -0.141. The number of hydrogen-bond acceptors (Lipinski definition) is 4. The topological polar surface area (TPSA) is 93.5 Å². The van der Waals surface area contributed by atoms with Crippen LogP contribution in [-0.4, -0.2) is 25.7 Å². The second kappa shape index (κ2) is 3.95. The lowest BCUT2D eigenvalue weighted by atomic mass is 10.2. The summed E-state index contributed by atoms with van der Waals surface area (Å²) in [6.07, 6.45) is -2.37. The number of carboxylic acids is 1. The number of alkyl halides is 3. The Kier molecular flexibility index (Phi) is 2.70. The summed E-state index contributed by atoms with van der Waals surface area (Å²) < 4.78 is 38.0. The number of rotatable bonds is 2. The van der Waals surface area contributed by atoms with Crippen LogP contribution in [0.5, 0.6) is 0 Å². The molecular formula is C9H7F3N4O2. The maximum absolute atomic E-state index is 12.4. The first kappa shape index (κ1) is 12.3. The predicted octanol–water partition coefficient (Wildman–Crippen LogP) is 0.832. The third-order valence-corrected chi connectivity index (χ3v) is 2.25. The number of nitrogens with zero attached hydrogens (tertiary/aromatic N) is 3. The van der Waals surface area contributed by atoms with Crippen molar-refractivity contribution in [3.63, 3.8) is 0 Å². The summed E-state index contributed by atoms with van der Waals surface area (Å²) in [5, 5.41) is 11.9. The smallest absolute Gasteiger partial charge is 0.435 e. The first-order chi connectivity index (χ1) is 8.29. The van der Waals surface area contributed by atoms with Gasteiger partial charge in [0.1, 0.15) is 6.04 Å². The summed E-state index contributed by atoms with van der Waals surface area (Å²) in [4.78, 5) is 14.3. The van der Waals surface area contributed by atoms with Crippen molar-refractivity contribution in [2.45, 2.75) is 12.2 Å². The van der Waals surface area contributed by atoms with Gasteiger partial charge < -0.3 is 10.8 Å². The fraction of sp³-hybridized carbons (Fsp3) is 0.222. The van der Waals surface area contributed by atoms with E-state index in [9.17, 15) is 18.0 Å². The van der Waals surface area contributed by atoms with Gasteiger partial charge in [-0.25, -0.2) is 9.50 Å². The van der Waals surface area contributed by atoms with Gasteiger partial charge in [-0.1, -0.05) is 0 Å². The van der Waals surface area contributed by atoms with Crippen LogP contribution in [0.3, 0.4) is 0 Å². The van der Waals surface area contributed by atoms with Gasteiger partial charge in [-0.15, -0.1) is 0 Å². The highest BCUT2D eigenvalue weighted by atomic mass is 19.4. The van der Waals surface area contributed by atoms with Gasteiger partial charge in [0.15, 0.2) is 11.3 Å². The van der Waals surface area contributed by atoms with Gasteiger partial charge in [0.05, 0.1) is 0 Å². The second-order valence-electron chi connectivity index (χ2n) is 3.53. The van der Waals surface area contributed by atoms with Crippen LogP contribution in [0.2, 0.25) is 0 Å². The van der Waals surface area contributed by atoms with Crippen LogP contribution in [0.25, 0.3) is 5.65 Å². The maximum Gasteiger partial charge on any atom is 0.435 e. The van der Waals surface area contributed by atoms with Crippen LogP contribution in [-0.2, 0) is 11.0 Å². The zero-order chi connectivity index (χ0) is 13.5. The van der Waals surface area contributed by atoms with Crippen LogP contribution in [0.1, 0.15) is 17.3 Å². The predicted molar refractivity (Wildman–Crippen MR) is 52.6 cm³/mol. The molecule has 0 saturated heterocycles. The zero-order valence-electron chi connectivity index (χ0n) is 8.72. The van der Waals surface area contributed by atoms with E-state index in [2.05, 4.69) is 10.1 Å². The van der Waals surface area contributed by atoms with Crippen LogP contribution >= 0.6 is 0 Å². The molecule has 2 aromatic rings. The highest BCUT2D eigenvalue weighted by molar-refractivity contribution is 5.75. The maximum atomic E-state index is 12.4. The number of halogens is 3. The third kappa shape index (κ3) is 2.12. The van der Waals surface area contributed by atoms with Crippen LogP contribution in [0, 0.1) is 0 Å². The molecule has 0 aliphatic heterocycles. The zero-order valence-corrected chi connectivity index (χ0v) is 8.72. The van der Waals surface area contributed by atoms with Gasteiger partial charge in [0, 0.05) is 24.0 Å². The molecule has 0 saturated carbocycles. The Balaban J connectivity index is 2.49. The quantitative estimate of drug-likeness (QED) is 0.834. The third-order valence-electron chi connectivity index (χ3n) is 2.25. The fourth-order valence-corrected chi connectivity index (χ4v) is 1.33. The monoisotopic (exact) mass is 260 g/mol. The molecule has 1 unspecified atom stereocenters. The molecule has 0 aliphatic carbocycles. The molecule has 6 nitrogen and oxygen atoms in total. The Morgan fingerprint density at radius 2 is 2.17 bits per heavy atom.